The summed E-state index contributed by atoms with van der Waals surface area (Å²) >= 11 is 0. The van der Waals surface area contributed by atoms with E-state index >= 15 is 0 Å². The Balaban J connectivity index is 1.28. The maximum atomic E-state index is 11.0. The smallest absolute Gasteiger partial charge is 0.240 e. The van der Waals surface area contributed by atoms with Crippen molar-refractivity contribution < 1.29 is 14.4 Å². The van der Waals surface area contributed by atoms with Gasteiger partial charge in [-0.2, -0.15) is 4.98 Å². The van der Waals surface area contributed by atoms with Crippen molar-refractivity contribution in [2.45, 2.75) is 56.7 Å². The van der Waals surface area contributed by atoms with Gasteiger partial charge in [0, 0.05) is 37.9 Å². The van der Waals surface area contributed by atoms with E-state index in [1.54, 1.807) is 7.11 Å². The van der Waals surface area contributed by atoms with Crippen LogP contribution in [0.25, 0.3) is 17.5 Å². The summed E-state index contributed by atoms with van der Waals surface area (Å²) in [6.07, 6.45) is 12.3. The maximum absolute atomic E-state index is 11.0. The Morgan fingerprint density at radius 2 is 2.09 bits per heavy atom. The van der Waals surface area contributed by atoms with E-state index in [2.05, 4.69) is 32.9 Å². The molecule has 170 valence electrons. The molecule has 4 saturated carbocycles. The van der Waals surface area contributed by atoms with E-state index in [0.29, 0.717) is 48.7 Å². The second kappa shape index (κ2) is 7.93. The number of pyridine rings is 1. The van der Waals surface area contributed by atoms with Gasteiger partial charge in [0.2, 0.25) is 11.7 Å². The van der Waals surface area contributed by atoms with Gasteiger partial charge in [0.1, 0.15) is 0 Å². The second-order valence-corrected chi connectivity index (χ2v) is 10.1. The molecule has 8 heteroatoms. The molecule has 4 bridgehead atoms. The number of hydrogen-bond acceptors (Lipinski definition) is 8. The van der Waals surface area contributed by atoms with Gasteiger partial charge in [0.15, 0.2) is 0 Å². The Morgan fingerprint density at radius 3 is 2.88 bits per heavy atom. The van der Waals surface area contributed by atoms with Gasteiger partial charge < -0.3 is 25.0 Å². The molecular weight excluding hydrogens is 406 g/mol. The van der Waals surface area contributed by atoms with Gasteiger partial charge in [-0.25, -0.2) is 0 Å². The Bertz CT molecular complexity index is 1020. The molecule has 5 aliphatic rings. The summed E-state index contributed by atoms with van der Waals surface area (Å²) in [5, 5.41) is 22.4. The number of aliphatic hydroxyl groups is 1. The highest BCUT2D eigenvalue weighted by Gasteiger charge is 2.54. The van der Waals surface area contributed by atoms with Crippen molar-refractivity contribution in [3.8, 4) is 11.4 Å². The molecule has 2 aromatic heterocycles. The van der Waals surface area contributed by atoms with E-state index in [-0.39, 0.29) is 0 Å². The lowest BCUT2D eigenvalue weighted by Gasteiger charge is -2.58. The average molecular weight is 438 g/mol. The van der Waals surface area contributed by atoms with Gasteiger partial charge in [-0.3, -0.25) is 4.98 Å². The van der Waals surface area contributed by atoms with E-state index in [1.165, 1.54) is 12.8 Å². The lowest BCUT2D eigenvalue weighted by molar-refractivity contribution is -0.129. The number of aromatic nitrogens is 3. The molecule has 0 radical (unpaired) electrons. The van der Waals surface area contributed by atoms with Crippen molar-refractivity contribution in [1.82, 2.24) is 20.4 Å². The third-order valence-corrected chi connectivity index (χ3v) is 7.81. The first kappa shape index (κ1) is 20.3. The molecule has 8 nitrogen and oxygen atoms in total. The highest BCUT2D eigenvalue weighted by atomic mass is 16.5. The van der Waals surface area contributed by atoms with Crippen molar-refractivity contribution in [1.29, 1.82) is 0 Å². The van der Waals surface area contributed by atoms with Crippen LogP contribution in [-0.2, 0) is 17.7 Å². The normalized spacial score (nSPS) is 31.9. The number of anilines is 1. The number of fused-ring (bicyclic) bond motifs is 1. The Hall–Kier alpha value is -2.29. The summed E-state index contributed by atoms with van der Waals surface area (Å²) in [4.78, 5) is 9.33. The molecule has 0 aromatic carbocycles. The van der Waals surface area contributed by atoms with Gasteiger partial charge in [0.25, 0.3) is 0 Å². The molecule has 2 heterocycles. The zero-order chi connectivity index (χ0) is 21.7. The SMILES string of the molecule is COCCNCc1nc(-c2cnc3c(c2NC2C4CC5CC2CC(O)(C5)C4)C=CC3)no1. The molecule has 2 atom stereocenters. The topological polar surface area (TPSA) is 105 Å². The maximum Gasteiger partial charge on any atom is 0.240 e. The summed E-state index contributed by atoms with van der Waals surface area (Å²) in [6.45, 7) is 1.87. The Morgan fingerprint density at radius 1 is 1.25 bits per heavy atom. The van der Waals surface area contributed by atoms with E-state index in [4.69, 9.17) is 14.2 Å². The number of allylic oxidation sites excluding steroid dienone is 1. The average Bonchev–Trinajstić information content (AvgIpc) is 3.42. The molecule has 0 amide bonds. The van der Waals surface area contributed by atoms with Crippen LogP contribution in [0.1, 0.15) is 49.3 Å². The van der Waals surface area contributed by atoms with Gasteiger partial charge in [-0.15, -0.1) is 0 Å². The first-order valence-electron chi connectivity index (χ1n) is 11.8. The minimum atomic E-state index is -0.435. The van der Waals surface area contributed by atoms with Crippen LogP contribution in [0.2, 0.25) is 0 Å². The van der Waals surface area contributed by atoms with Crippen LogP contribution in [0.4, 0.5) is 5.69 Å². The fraction of sp³-hybridized carbons (Fsp3) is 0.625. The molecule has 2 unspecified atom stereocenters. The number of hydrogen-bond donors (Lipinski definition) is 3. The van der Waals surface area contributed by atoms with Crippen LogP contribution < -0.4 is 10.6 Å². The van der Waals surface area contributed by atoms with E-state index in [0.717, 1.165) is 54.7 Å². The Kier molecular flexibility index (Phi) is 5.04. The molecule has 0 saturated heterocycles. The number of methoxy groups -OCH3 is 1. The van der Waals surface area contributed by atoms with Crippen LogP contribution in [0, 0.1) is 17.8 Å². The van der Waals surface area contributed by atoms with Gasteiger partial charge in [-0.05, 0) is 49.9 Å². The van der Waals surface area contributed by atoms with Crippen LogP contribution in [0.5, 0.6) is 0 Å². The van der Waals surface area contributed by atoms with Crippen LogP contribution in [0.15, 0.2) is 16.8 Å². The summed E-state index contributed by atoms with van der Waals surface area (Å²) in [7, 11) is 1.68. The quantitative estimate of drug-likeness (QED) is 0.542. The Labute approximate surface area is 187 Å². The lowest BCUT2D eigenvalue weighted by Crippen LogP contribution is -2.59. The highest BCUT2D eigenvalue weighted by molar-refractivity contribution is 5.84. The largest absolute Gasteiger partial charge is 0.390 e. The minimum Gasteiger partial charge on any atom is -0.390 e. The third kappa shape index (κ3) is 3.54. The van der Waals surface area contributed by atoms with E-state index in [1.807, 2.05) is 6.20 Å². The zero-order valence-electron chi connectivity index (χ0n) is 18.5. The first-order chi connectivity index (χ1) is 15.6. The molecular formula is C24H31N5O3. The minimum absolute atomic E-state index is 0.369. The number of ether oxygens (including phenoxy) is 1. The predicted molar refractivity (Wildman–Crippen MR) is 120 cm³/mol. The van der Waals surface area contributed by atoms with E-state index in [9.17, 15) is 5.11 Å². The lowest BCUT2D eigenvalue weighted by atomic mass is 9.52. The number of nitrogens with one attached hydrogen (secondary N) is 2. The first-order valence-corrected chi connectivity index (χ1v) is 11.8. The van der Waals surface area contributed by atoms with Crippen LogP contribution >= 0.6 is 0 Å². The molecule has 4 fully saturated rings. The molecule has 32 heavy (non-hydrogen) atoms. The number of nitrogens with zero attached hydrogens (tertiary/aromatic N) is 3. The standard InChI is InChI=1S/C24H31N5O3/c1-31-6-5-25-13-20-27-23(29-32-20)18-12-26-19-4-2-3-17(19)22(18)28-21-15-7-14-8-16(21)11-24(30,9-14)10-15/h2-3,12,14-16,21,25,30H,4-11,13H2,1H3,(H,26,28). The van der Waals surface area contributed by atoms with Gasteiger partial charge in [-0.1, -0.05) is 17.3 Å². The van der Waals surface area contributed by atoms with Crippen molar-refractivity contribution in [2.75, 3.05) is 25.6 Å². The molecule has 0 aliphatic heterocycles. The summed E-state index contributed by atoms with van der Waals surface area (Å²) in [5.41, 5.74) is 3.74. The van der Waals surface area contributed by atoms with Crippen LogP contribution in [0.3, 0.4) is 0 Å². The molecule has 7 rings (SSSR count). The van der Waals surface area contributed by atoms with Crippen LogP contribution in [-0.4, -0.2) is 52.1 Å². The predicted octanol–water partition coefficient (Wildman–Crippen LogP) is 2.79. The zero-order valence-corrected chi connectivity index (χ0v) is 18.5. The monoisotopic (exact) mass is 437 g/mol. The van der Waals surface area contributed by atoms with Gasteiger partial charge >= 0.3 is 0 Å². The molecule has 5 aliphatic carbocycles. The fourth-order valence-corrected chi connectivity index (χ4v) is 6.71. The van der Waals surface area contributed by atoms with Crippen molar-refractivity contribution in [2.24, 2.45) is 17.8 Å². The van der Waals surface area contributed by atoms with E-state index < -0.39 is 5.60 Å². The molecule has 0 spiro atoms. The van der Waals surface area contributed by atoms with Gasteiger partial charge in [0.05, 0.1) is 35.7 Å². The van der Waals surface area contributed by atoms with Crippen molar-refractivity contribution in [3.05, 3.63) is 29.4 Å². The summed E-state index contributed by atoms with van der Waals surface area (Å²) in [5.74, 6) is 2.82. The fourth-order valence-electron chi connectivity index (χ4n) is 6.71. The number of rotatable bonds is 8. The van der Waals surface area contributed by atoms with Crippen molar-refractivity contribution in [3.63, 3.8) is 0 Å². The summed E-state index contributed by atoms with van der Waals surface area (Å²) < 4.78 is 10.6. The highest BCUT2D eigenvalue weighted by Crippen LogP contribution is 2.56. The third-order valence-electron chi connectivity index (χ3n) is 7.81. The molecule has 3 N–H and O–H groups in total. The van der Waals surface area contributed by atoms with Crippen molar-refractivity contribution >= 4 is 11.8 Å². The molecule has 2 aromatic rings. The second-order valence-electron chi connectivity index (χ2n) is 10.1. The summed E-state index contributed by atoms with van der Waals surface area (Å²) in [6, 6.07) is 0.369.